The number of nitrogens with one attached hydrogen (secondary N) is 2. The SMILES string of the molecule is O=C(/C=C/c1ccc(Cl)cc1)Nc1nc2n(n1)[C@@H](c1ccc(Cl)cc1)C=C(c1ccc(Cl)cc1)N2. The predicted molar refractivity (Wildman–Crippen MR) is 142 cm³/mol. The van der Waals surface area contributed by atoms with Gasteiger partial charge in [-0.2, -0.15) is 4.98 Å². The van der Waals surface area contributed by atoms with Crippen molar-refractivity contribution >= 4 is 64.4 Å². The van der Waals surface area contributed by atoms with Crippen LogP contribution in [0, 0.1) is 0 Å². The molecular formula is C26H18Cl3N5O. The van der Waals surface area contributed by atoms with Crippen LogP contribution in [0.5, 0.6) is 0 Å². The highest BCUT2D eigenvalue weighted by Gasteiger charge is 2.25. The van der Waals surface area contributed by atoms with E-state index < -0.39 is 0 Å². The number of hydrogen-bond acceptors (Lipinski definition) is 4. The summed E-state index contributed by atoms with van der Waals surface area (Å²) >= 11 is 18.1. The van der Waals surface area contributed by atoms with E-state index in [1.54, 1.807) is 22.9 Å². The number of nitrogens with zero attached hydrogens (tertiary/aromatic N) is 3. The second-order valence-electron chi connectivity index (χ2n) is 7.79. The van der Waals surface area contributed by atoms with Gasteiger partial charge >= 0.3 is 0 Å². The number of aromatic nitrogens is 3. The third-order valence-corrected chi connectivity index (χ3v) is 6.12. The molecule has 174 valence electrons. The lowest BCUT2D eigenvalue weighted by atomic mass is 10.0. The van der Waals surface area contributed by atoms with Crippen molar-refractivity contribution in [1.29, 1.82) is 0 Å². The molecule has 0 aliphatic carbocycles. The van der Waals surface area contributed by atoms with Gasteiger partial charge in [-0.25, -0.2) is 4.68 Å². The predicted octanol–water partition coefficient (Wildman–Crippen LogP) is 6.95. The van der Waals surface area contributed by atoms with E-state index in [4.69, 9.17) is 34.8 Å². The zero-order valence-corrected chi connectivity index (χ0v) is 20.4. The minimum atomic E-state index is -0.350. The van der Waals surface area contributed by atoms with Crippen LogP contribution >= 0.6 is 34.8 Å². The van der Waals surface area contributed by atoms with Crippen LogP contribution in [-0.4, -0.2) is 20.7 Å². The first-order valence-electron chi connectivity index (χ1n) is 10.7. The topological polar surface area (TPSA) is 71.8 Å². The molecule has 1 amide bonds. The van der Waals surface area contributed by atoms with Gasteiger partial charge in [0.1, 0.15) is 6.04 Å². The van der Waals surface area contributed by atoms with E-state index in [2.05, 4.69) is 20.7 Å². The number of carbonyl (C=O) groups excluding carboxylic acids is 1. The van der Waals surface area contributed by atoms with E-state index in [0.717, 1.165) is 22.4 Å². The van der Waals surface area contributed by atoms with Gasteiger partial charge in [-0.3, -0.25) is 10.1 Å². The third-order valence-electron chi connectivity index (χ3n) is 5.36. The van der Waals surface area contributed by atoms with Crippen LogP contribution in [0.25, 0.3) is 11.8 Å². The highest BCUT2D eigenvalue weighted by molar-refractivity contribution is 6.31. The molecule has 0 unspecified atom stereocenters. The van der Waals surface area contributed by atoms with Crippen molar-refractivity contribution in [2.45, 2.75) is 6.04 Å². The van der Waals surface area contributed by atoms with Gasteiger partial charge in [0.2, 0.25) is 5.95 Å². The molecule has 35 heavy (non-hydrogen) atoms. The fraction of sp³-hybridized carbons (Fsp3) is 0.0385. The fourth-order valence-corrected chi connectivity index (χ4v) is 4.02. The molecule has 2 heterocycles. The third kappa shape index (κ3) is 5.41. The summed E-state index contributed by atoms with van der Waals surface area (Å²) in [6, 6.07) is 21.9. The van der Waals surface area contributed by atoms with Crippen molar-refractivity contribution in [2.24, 2.45) is 0 Å². The van der Waals surface area contributed by atoms with Crippen LogP contribution < -0.4 is 10.6 Å². The molecule has 0 fully saturated rings. The van der Waals surface area contributed by atoms with Gasteiger partial charge in [-0.05, 0) is 65.2 Å². The summed E-state index contributed by atoms with van der Waals surface area (Å²) in [5.41, 5.74) is 3.61. The van der Waals surface area contributed by atoms with Gasteiger partial charge in [0.25, 0.3) is 11.9 Å². The summed E-state index contributed by atoms with van der Waals surface area (Å²) in [6.45, 7) is 0. The van der Waals surface area contributed by atoms with Crippen LogP contribution in [0.15, 0.2) is 84.9 Å². The summed E-state index contributed by atoms with van der Waals surface area (Å²) in [5.74, 6) is 0.328. The molecular weight excluding hydrogens is 505 g/mol. The number of allylic oxidation sites excluding steroid dienone is 1. The lowest BCUT2D eigenvalue weighted by Gasteiger charge is -2.24. The molecule has 0 radical (unpaired) electrons. The molecule has 1 atom stereocenters. The Labute approximate surface area is 216 Å². The number of fused-ring (bicyclic) bond motifs is 1. The van der Waals surface area contributed by atoms with Crippen LogP contribution in [0.4, 0.5) is 11.9 Å². The van der Waals surface area contributed by atoms with Gasteiger partial charge < -0.3 is 5.32 Å². The molecule has 0 bridgehead atoms. The Balaban J connectivity index is 1.42. The van der Waals surface area contributed by atoms with Gasteiger partial charge in [-0.15, -0.1) is 5.10 Å². The number of rotatable bonds is 5. The number of hydrogen-bond donors (Lipinski definition) is 2. The lowest BCUT2D eigenvalue weighted by molar-refractivity contribution is -0.111. The summed E-state index contributed by atoms with van der Waals surface area (Å²) in [5, 5.41) is 12.5. The van der Waals surface area contributed by atoms with Crippen LogP contribution in [0.2, 0.25) is 15.1 Å². The standard InChI is InChI=1S/C26H18Cl3N5O/c27-19-8-1-16(2-9-19)3-14-24(35)31-25-32-26-30-22(17-4-10-20(28)11-5-17)15-23(34(26)33-25)18-6-12-21(29)13-7-18/h1-15,23H,(H2,30,31,32,33,35)/b14-3+/t23-/m1/s1. The van der Waals surface area contributed by atoms with Crippen LogP contribution in [0.1, 0.15) is 22.7 Å². The highest BCUT2D eigenvalue weighted by atomic mass is 35.5. The van der Waals surface area contributed by atoms with Crippen LogP contribution in [0.3, 0.4) is 0 Å². The molecule has 9 heteroatoms. The number of benzene rings is 3. The number of carbonyl (C=O) groups is 1. The molecule has 5 rings (SSSR count). The smallest absolute Gasteiger partial charge is 0.250 e. The quantitative estimate of drug-likeness (QED) is 0.278. The maximum atomic E-state index is 12.5. The lowest BCUT2D eigenvalue weighted by Crippen LogP contribution is -2.20. The van der Waals surface area contributed by atoms with Crippen molar-refractivity contribution in [3.05, 3.63) is 117 Å². The molecule has 0 saturated carbocycles. The maximum absolute atomic E-state index is 12.5. The molecule has 0 spiro atoms. The van der Waals surface area contributed by atoms with Crippen molar-refractivity contribution in [1.82, 2.24) is 14.8 Å². The molecule has 0 saturated heterocycles. The monoisotopic (exact) mass is 521 g/mol. The summed E-state index contributed by atoms with van der Waals surface area (Å²) < 4.78 is 1.72. The summed E-state index contributed by atoms with van der Waals surface area (Å²) in [4.78, 5) is 17.0. The van der Waals surface area contributed by atoms with E-state index in [1.807, 2.05) is 66.7 Å². The Morgan fingerprint density at radius 1 is 0.886 bits per heavy atom. The van der Waals surface area contributed by atoms with E-state index in [-0.39, 0.29) is 17.9 Å². The summed E-state index contributed by atoms with van der Waals surface area (Å²) in [7, 11) is 0. The number of anilines is 2. The van der Waals surface area contributed by atoms with Crippen molar-refractivity contribution in [3.63, 3.8) is 0 Å². The normalized spacial score (nSPS) is 14.8. The molecule has 1 aliphatic heterocycles. The van der Waals surface area contributed by atoms with Gasteiger partial charge in [0.05, 0.1) is 0 Å². The molecule has 2 N–H and O–H groups in total. The van der Waals surface area contributed by atoms with Crippen molar-refractivity contribution in [2.75, 3.05) is 10.6 Å². The minimum Gasteiger partial charge on any atom is -0.324 e. The number of amides is 1. The van der Waals surface area contributed by atoms with E-state index in [9.17, 15) is 4.79 Å². The molecule has 4 aromatic rings. The second kappa shape index (κ2) is 9.96. The molecule has 6 nitrogen and oxygen atoms in total. The Kier molecular flexibility index (Phi) is 6.59. The van der Waals surface area contributed by atoms with E-state index >= 15 is 0 Å². The van der Waals surface area contributed by atoms with Crippen LogP contribution in [-0.2, 0) is 4.79 Å². The van der Waals surface area contributed by atoms with Gasteiger partial charge in [0.15, 0.2) is 0 Å². The fourth-order valence-electron chi connectivity index (χ4n) is 3.64. The number of halogens is 3. The maximum Gasteiger partial charge on any atom is 0.250 e. The molecule has 3 aromatic carbocycles. The van der Waals surface area contributed by atoms with Crippen molar-refractivity contribution < 1.29 is 4.79 Å². The zero-order valence-electron chi connectivity index (χ0n) is 18.1. The first-order valence-corrected chi connectivity index (χ1v) is 11.8. The van der Waals surface area contributed by atoms with Crippen molar-refractivity contribution in [3.8, 4) is 0 Å². The van der Waals surface area contributed by atoms with Gasteiger partial charge in [-0.1, -0.05) is 71.2 Å². The zero-order chi connectivity index (χ0) is 24.4. The Hall–Kier alpha value is -3.58. The molecule has 1 aromatic heterocycles. The highest BCUT2D eigenvalue weighted by Crippen LogP contribution is 2.34. The van der Waals surface area contributed by atoms with E-state index in [1.165, 1.54) is 6.08 Å². The average molecular weight is 523 g/mol. The Morgan fingerprint density at radius 2 is 1.49 bits per heavy atom. The Bertz CT molecular complexity index is 1430. The Morgan fingerprint density at radius 3 is 2.14 bits per heavy atom. The van der Waals surface area contributed by atoms with E-state index in [0.29, 0.717) is 21.0 Å². The molecule has 1 aliphatic rings. The average Bonchev–Trinajstić information content (AvgIpc) is 3.26. The largest absolute Gasteiger partial charge is 0.324 e. The summed E-state index contributed by atoms with van der Waals surface area (Å²) in [6.07, 6.45) is 5.15. The second-order valence-corrected chi connectivity index (χ2v) is 9.10. The van der Waals surface area contributed by atoms with Gasteiger partial charge in [0, 0.05) is 26.8 Å². The minimum absolute atomic E-state index is 0.183. The first kappa shape index (κ1) is 23.2. The first-order chi connectivity index (χ1) is 16.9.